The fraction of sp³-hybridized carbons (Fsp3) is 0.538. The van der Waals surface area contributed by atoms with Crippen molar-refractivity contribution in [1.82, 2.24) is 10.6 Å². The van der Waals surface area contributed by atoms with Crippen molar-refractivity contribution in [3.05, 3.63) is 35.4 Å². The summed E-state index contributed by atoms with van der Waals surface area (Å²) in [7, 11) is 3.71. The molecular weight excluding hydrogens is 200 g/mol. The van der Waals surface area contributed by atoms with Crippen LogP contribution in [0, 0.1) is 0 Å². The van der Waals surface area contributed by atoms with Crippen LogP contribution in [0.5, 0.6) is 0 Å². The molecule has 1 aromatic rings. The molecule has 0 saturated heterocycles. The summed E-state index contributed by atoms with van der Waals surface area (Å²) in [5, 5.41) is 6.55. The van der Waals surface area contributed by atoms with Crippen LogP contribution >= 0.6 is 0 Å². The maximum absolute atomic E-state index is 5.00. The van der Waals surface area contributed by atoms with Crippen LogP contribution < -0.4 is 10.6 Å². The van der Waals surface area contributed by atoms with E-state index >= 15 is 0 Å². The molecular formula is C13H22N2O. The van der Waals surface area contributed by atoms with Gasteiger partial charge < -0.3 is 15.4 Å². The zero-order valence-corrected chi connectivity index (χ0v) is 10.3. The smallest absolute Gasteiger partial charge is 0.0587 e. The topological polar surface area (TPSA) is 33.3 Å². The molecule has 0 fully saturated rings. The molecule has 1 rings (SSSR count). The summed E-state index contributed by atoms with van der Waals surface area (Å²) < 4.78 is 5.00. The molecule has 0 amide bonds. The van der Waals surface area contributed by atoms with E-state index in [0.717, 1.165) is 32.7 Å². The quantitative estimate of drug-likeness (QED) is 0.648. The number of hydrogen-bond donors (Lipinski definition) is 2. The van der Waals surface area contributed by atoms with Gasteiger partial charge in [0.1, 0.15) is 0 Å². The minimum absolute atomic E-state index is 0.763. The van der Waals surface area contributed by atoms with Gasteiger partial charge in [-0.2, -0.15) is 0 Å². The number of hydrogen-bond acceptors (Lipinski definition) is 3. The highest BCUT2D eigenvalue weighted by atomic mass is 16.5. The molecule has 0 heterocycles. The lowest BCUT2D eigenvalue weighted by Crippen LogP contribution is -2.20. The predicted octanol–water partition coefficient (Wildman–Crippen LogP) is 1.18. The summed E-state index contributed by atoms with van der Waals surface area (Å²) in [6.07, 6.45) is 1.08. The third-order valence-electron chi connectivity index (χ3n) is 2.56. The van der Waals surface area contributed by atoms with Gasteiger partial charge in [-0.25, -0.2) is 0 Å². The SMILES string of the molecule is CNCCc1ccccc1CNCCOC. The van der Waals surface area contributed by atoms with E-state index in [4.69, 9.17) is 4.74 Å². The Morgan fingerprint density at radius 1 is 1.12 bits per heavy atom. The van der Waals surface area contributed by atoms with E-state index in [0.29, 0.717) is 0 Å². The Kier molecular flexibility index (Phi) is 6.81. The standard InChI is InChI=1S/C13H22N2O/c1-14-8-7-12-5-3-4-6-13(12)11-15-9-10-16-2/h3-6,14-15H,7-11H2,1-2H3. The Balaban J connectivity index is 2.43. The molecule has 0 bridgehead atoms. The number of nitrogens with one attached hydrogen (secondary N) is 2. The lowest BCUT2D eigenvalue weighted by atomic mass is 10.0. The monoisotopic (exact) mass is 222 g/mol. The minimum atomic E-state index is 0.763. The minimum Gasteiger partial charge on any atom is -0.383 e. The van der Waals surface area contributed by atoms with Crippen molar-refractivity contribution in [3.8, 4) is 0 Å². The highest BCUT2D eigenvalue weighted by Gasteiger charge is 2.00. The maximum atomic E-state index is 5.00. The van der Waals surface area contributed by atoms with E-state index in [2.05, 4.69) is 34.9 Å². The largest absolute Gasteiger partial charge is 0.383 e. The molecule has 0 aliphatic rings. The summed E-state index contributed by atoms with van der Waals surface area (Å²) in [6, 6.07) is 8.58. The molecule has 3 nitrogen and oxygen atoms in total. The predicted molar refractivity (Wildman–Crippen MR) is 67.7 cm³/mol. The molecule has 0 spiro atoms. The molecule has 0 radical (unpaired) electrons. The molecule has 0 saturated carbocycles. The number of rotatable bonds is 8. The van der Waals surface area contributed by atoms with Crippen molar-refractivity contribution in [2.45, 2.75) is 13.0 Å². The van der Waals surface area contributed by atoms with Crippen molar-refractivity contribution < 1.29 is 4.74 Å². The lowest BCUT2D eigenvalue weighted by molar-refractivity contribution is 0.199. The molecule has 0 atom stereocenters. The summed E-state index contributed by atoms with van der Waals surface area (Å²) in [4.78, 5) is 0. The van der Waals surface area contributed by atoms with Gasteiger partial charge in [0.05, 0.1) is 6.61 Å². The van der Waals surface area contributed by atoms with Gasteiger partial charge in [0.2, 0.25) is 0 Å². The summed E-state index contributed by atoms with van der Waals surface area (Å²) >= 11 is 0. The molecule has 0 unspecified atom stereocenters. The zero-order chi connectivity index (χ0) is 11.6. The van der Waals surface area contributed by atoms with Crippen molar-refractivity contribution in [3.63, 3.8) is 0 Å². The van der Waals surface area contributed by atoms with Crippen LogP contribution in [0.15, 0.2) is 24.3 Å². The molecule has 2 N–H and O–H groups in total. The molecule has 0 aliphatic carbocycles. The van der Waals surface area contributed by atoms with E-state index in [9.17, 15) is 0 Å². The first-order chi connectivity index (χ1) is 7.88. The average Bonchev–Trinajstić information content (AvgIpc) is 2.33. The van der Waals surface area contributed by atoms with Gasteiger partial charge in [-0.3, -0.25) is 0 Å². The Hall–Kier alpha value is -0.900. The Morgan fingerprint density at radius 2 is 1.88 bits per heavy atom. The van der Waals surface area contributed by atoms with Gasteiger partial charge in [0, 0.05) is 20.2 Å². The summed E-state index contributed by atoms with van der Waals surface area (Å²) in [5.41, 5.74) is 2.80. The van der Waals surface area contributed by atoms with Gasteiger partial charge in [-0.15, -0.1) is 0 Å². The molecule has 16 heavy (non-hydrogen) atoms. The summed E-state index contributed by atoms with van der Waals surface area (Å²) in [5.74, 6) is 0. The number of ether oxygens (including phenoxy) is 1. The van der Waals surface area contributed by atoms with E-state index in [1.54, 1.807) is 7.11 Å². The fourth-order valence-electron chi connectivity index (χ4n) is 1.63. The van der Waals surface area contributed by atoms with Crippen molar-refractivity contribution in [1.29, 1.82) is 0 Å². The van der Waals surface area contributed by atoms with Crippen LogP contribution in [0.1, 0.15) is 11.1 Å². The first-order valence-electron chi connectivity index (χ1n) is 5.79. The summed E-state index contributed by atoms with van der Waals surface area (Å²) in [6.45, 7) is 3.61. The van der Waals surface area contributed by atoms with Gasteiger partial charge in [-0.05, 0) is 31.1 Å². The third-order valence-corrected chi connectivity index (χ3v) is 2.56. The first-order valence-corrected chi connectivity index (χ1v) is 5.79. The Labute approximate surface area is 98.2 Å². The van der Waals surface area contributed by atoms with Gasteiger partial charge in [-0.1, -0.05) is 24.3 Å². The number of methoxy groups -OCH3 is 1. The van der Waals surface area contributed by atoms with Crippen LogP contribution in [0.2, 0.25) is 0 Å². The highest BCUT2D eigenvalue weighted by Crippen LogP contribution is 2.08. The third kappa shape index (κ3) is 4.75. The van der Waals surface area contributed by atoms with Crippen molar-refractivity contribution in [2.24, 2.45) is 0 Å². The van der Waals surface area contributed by atoms with E-state index in [-0.39, 0.29) is 0 Å². The Morgan fingerprint density at radius 3 is 2.56 bits per heavy atom. The van der Waals surface area contributed by atoms with Gasteiger partial charge in [0.25, 0.3) is 0 Å². The van der Waals surface area contributed by atoms with Crippen LogP contribution in [-0.4, -0.2) is 33.9 Å². The molecule has 0 aromatic heterocycles. The van der Waals surface area contributed by atoms with Crippen LogP contribution in [0.4, 0.5) is 0 Å². The van der Waals surface area contributed by atoms with Crippen molar-refractivity contribution >= 4 is 0 Å². The zero-order valence-electron chi connectivity index (χ0n) is 10.3. The second kappa shape index (κ2) is 8.28. The first kappa shape index (κ1) is 13.2. The lowest BCUT2D eigenvalue weighted by Gasteiger charge is -2.10. The number of benzene rings is 1. The van der Waals surface area contributed by atoms with Crippen LogP contribution in [-0.2, 0) is 17.7 Å². The van der Waals surface area contributed by atoms with E-state index < -0.39 is 0 Å². The van der Waals surface area contributed by atoms with Crippen LogP contribution in [0.3, 0.4) is 0 Å². The molecule has 90 valence electrons. The molecule has 0 aliphatic heterocycles. The molecule has 3 heteroatoms. The highest BCUT2D eigenvalue weighted by molar-refractivity contribution is 5.27. The fourth-order valence-corrected chi connectivity index (χ4v) is 1.63. The van der Waals surface area contributed by atoms with Gasteiger partial charge >= 0.3 is 0 Å². The maximum Gasteiger partial charge on any atom is 0.0587 e. The Bertz CT molecular complexity index is 289. The normalized spacial score (nSPS) is 10.6. The van der Waals surface area contributed by atoms with E-state index in [1.165, 1.54) is 11.1 Å². The van der Waals surface area contributed by atoms with Crippen LogP contribution in [0.25, 0.3) is 0 Å². The van der Waals surface area contributed by atoms with Gasteiger partial charge in [0.15, 0.2) is 0 Å². The van der Waals surface area contributed by atoms with Crippen molar-refractivity contribution in [2.75, 3.05) is 33.9 Å². The average molecular weight is 222 g/mol. The van der Waals surface area contributed by atoms with E-state index in [1.807, 2.05) is 7.05 Å². The molecule has 1 aromatic carbocycles. The second-order valence-electron chi connectivity index (χ2n) is 3.79. The second-order valence-corrected chi connectivity index (χ2v) is 3.79. The number of likely N-dealkylation sites (N-methyl/N-ethyl adjacent to an activating group) is 1.